The molecule has 1 saturated carbocycles. The number of carbonyl (C=O) groups is 2. The molecule has 1 aromatic carbocycles. The van der Waals surface area contributed by atoms with Gasteiger partial charge in [0, 0.05) is 15.5 Å². The Morgan fingerprint density at radius 3 is 2.60 bits per heavy atom. The molecular weight excluding hydrogens is 392 g/mol. The van der Waals surface area contributed by atoms with Gasteiger partial charge in [0.25, 0.3) is 0 Å². The van der Waals surface area contributed by atoms with Gasteiger partial charge in [0.1, 0.15) is 0 Å². The molecule has 0 radical (unpaired) electrons. The van der Waals surface area contributed by atoms with E-state index in [0.717, 1.165) is 12.3 Å². The highest BCUT2D eigenvalue weighted by molar-refractivity contribution is 9.11. The van der Waals surface area contributed by atoms with Crippen molar-refractivity contribution in [3.8, 4) is 0 Å². The fourth-order valence-corrected chi connectivity index (χ4v) is 3.15. The number of nitrogens with one attached hydrogen (secondary N) is 2. The molecular formula is C13H14Br2N2O3. The summed E-state index contributed by atoms with van der Waals surface area (Å²) in [6.45, 7) is 0.604. The molecule has 1 aromatic rings. The van der Waals surface area contributed by atoms with E-state index in [1.54, 1.807) is 6.07 Å². The van der Waals surface area contributed by atoms with Gasteiger partial charge in [-0.3, -0.25) is 0 Å². The summed E-state index contributed by atoms with van der Waals surface area (Å²) >= 11 is 6.49. The maximum absolute atomic E-state index is 11.8. The Morgan fingerprint density at radius 2 is 2.00 bits per heavy atom. The molecule has 1 aliphatic carbocycles. The normalized spacial score (nSPS) is 13.9. The Hall–Kier alpha value is -1.08. The second kappa shape index (κ2) is 6.58. The number of aromatic carboxylic acids is 1. The van der Waals surface area contributed by atoms with Gasteiger partial charge in [0.2, 0.25) is 0 Å². The molecule has 108 valence electrons. The number of rotatable bonds is 5. The SMILES string of the molecule is O=C(NCCC1CC1)Nc1c(Br)cc(Br)cc1C(=O)O. The first-order chi connectivity index (χ1) is 9.47. The van der Waals surface area contributed by atoms with Gasteiger partial charge in [0.05, 0.1) is 11.3 Å². The van der Waals surface area contributed by atoms with Gasteiger partial charge in [-0.2, -0.15) is 0 Å². The number of benzene rings is 1. The maximum Gasteiger partial charge on any atom is 0.337 e. The summed E-state index contributed by atoms with van der Waals surface area (Å²) in [7, 11) is 0. The van der Waals surface area contributed by atoms with E-state index in [0.29, 0.717) is 15.5 Å². The van der Waals surface area contributed by atoms with Gasteiger partial charge < -0.3 is 15.7 Å². The van der Waals surface area contributed by atoms with Gasteiger partial charge in [-0.1, -0.05) is 28.8 Å². The second-order valence-electron chi connectivity index (χ2n) is 4.73. The highest BCUT2D eigenvalue weighted by atomic mass is 79.9. The van der Waals surface area contributed by atoms with E-state index in [2.05, 4.69) is 42.5 Å². The molecule has 0 heterocycles. The highest BCUT2D eigenvalue weighted by Crippen LogP contribution is 2.32. The Balaban J connectivity index is 2.03. The predicted octanol–water partition coefficient (Wildman–Crippen LogP) is 3.83. The van der Waals surface area contributed by atoms with Crippen molar-refractivity contribution in [3.63, 3.8) is 0 Å². The molecule has 0 spiro atoms. The molecule has 3 N–H and O–H groups in total. The largest absolute Gasteiger partial charge is 0.478 e. The monoisotopic (exact) mass is 404 g/mol. The van der Waals surface area contributed by atoms with Crippen molar-refractivity contribution in [1.82, 2.24) is 5.32 Å². The van der Waals surface area contributed by atoms with E-state index in [-0.39, 0.29) is 11.3 Å². The minimum Gasteiger partial charge on any atom is -0.478 e. The van der Waals surface area contributed by atoms with Crippen molar-refractivity contribution in [2.24, 2.45) is 5.92 Å². The highest BCUT2D eigenvalue weighted by Gasteiger charge is 2.21. The third-order valence-corrected chi connectivity index (χ3v) is 4.14. The van der Waals surface area contributed by atoms with Gasteiger partial charge in [-0.15, -0.1) is 0 Å². The zero-order chi connectivity index (χ0) is 14.7. The van der Waals surface area contributed by atoms with Crippen molar-refractivity contribution in [1.29, 1.82) is 0 Å². The smallest absolute Gasteiger partial charge is 0.337 e. The van der Waals surface area contributed by atoms with Crippen LogP contribution in [0.5, 0.6) is 0 Å². The van der Waals surface area contributed by atoms with Crippen molar-refractivity contribution in [2.75, 3.05) is 11.9 Å². The first-order valence-electron chi connectivity index (χ1n) is 6.24. The average Bonchev–Trinajstić information content (AvgIpc) is 3.16. The standard InChI is InChI=1S/C13H14Br2N2O3/c14-8-5-9(12(18)19)11(10(15)6-8)17-13(20)16-4-3-7-1-2-7/h5-7H,1-4H2,(H,18,19)(H2,16,17,20). The van der Waals surface area contributed by atoms with Crippen molar-refractivity contribution in [2.45, 2.75) is 19.3 Å². The van der Waals surface area contributed by atoms with Crippen LogP contribution in [-0.2, 0) is 0 Å². The van der Waals surface area contributed by atoms with Crippen LogP contribution >= 0.6 is 31.9 Å². The summed E-state index contributed by atoms with van der Waals surface area (Å²) < 4.78 is 1.14. The van der Waals surface area contributed by atoms with Crippen LogP contribution in [0.2, 0.25) is 0 Å². The molecule has 5 nitrogen and oxygen atoms in total. The third-order valence-electron chi connectivity index (χ3n) is 3.06. The van der Waals surface area contributed by atoms with E-state index in [1.165, 1.54) is 18.9 Å². The molecule has 0 saturated heterocycles. The van der Waals surface area contributed by atoms with Crippen molar-refractivity contribution in [3.05, 3.63) is 26.6 Å². The van der Waals surface area contributed by atoms with Crippen LogP contribution in [0.3, 0.4) is 0 Å². The van der Waals surface area contributed by atoms with E-state index in [1.807, 2.05) is 0 Å². The first-order valence-corrected chi connectivity index (χ1v) is 7.83. The topological polar surface area (TPSA) is 78.4 Å². The Kier molecular flexibility index (Phi) is 5.04. The van der Waals surface area contributed by atoms with Crippen LogP contribution in [0.1, 0.15) is 29.6 Å². The minimum atomic E-state index is -1.10. The lowest BCUT2D eigenvalue weighted by molar-refractivity contribution is 0.0698. The van der Waals surface area contributed by atoms with E-state index >= 15 is 0 Å². The average molecular weight is 406 g/mol. The molecule has 7 heteroatoms. The van der Waals surface area contributed by atoms with Gasteiger partial charge in [-0.05, 0) is 40.4 Å². The van der Waals surface area contributed by atoms with Gasteiger partial charge in [-0.25, -0.2) is 9.59 Å². The summed E-state index contributed by atoms with van der Waals surface area (Å²) in [5.74, 6) is -0.357. The number of hydrogen-bond donors (Lipinski definition) is 3. The van der Waals surface area contributed by atoms with Gasteiger partial charge >= 0.3 is 12.0 Å². The van der Waals surface area contributed by atoms with Crippen LogP contribution in [0.15, 0.2) is 21.1 Å². The summed E-state index contributed by atoms with van der Waals surface area (Å²) in [6, 6.07) is 2.75. The Labute approximate surface area is 133 Å². The number of carboxylic acids is 1. The van der Waals surface area contributed by atoms with E-state index in [4.69, 9.17) is 0 Å². The molecule has 2 rings (SSSR count). The van der Waals surface area contributed by atoms with Crippen LogP contribution < -0.4 is 10.6 Å². The molecule has 0 atom stereocenters. The number of anilines is 1. The minimum absolute atomic E-state index is 0.0311. The summed E-state index contributed by atoms with van der Waals surface area (Å²) in [5.41, 5.74) is 0.285. The summed E-state index contributed by atoms with van der Waals surface area (Å²) in [5, 5.41) is 14.5. The Bertz CT molecular complexity index is 545. The second-order valence-corrected chi connectivity index (χ2v) is 6.50. The maximum atomic E-state index is 11.8. The number of carboxylic acid groups (broad SMARTS) is 1. The number of halogens is 2. The van der Waals surface area contributed by atoms with E-state index < -0.39 is 12.0 Å². The molecule has 0 unspecified atom stereocenters. The first kappa shape index (κ1) is 15.3. The molecule has 0 bridgehead atoms. The predicted molar refractivity (Wildman–Crippen MR) is 83.2 cm³/mol. The van der Waals surface area contributed by atoms with E-state index in [9.17, 15) is 14.7 Å². The molecule has 1 fully saturated rings. The summed E-state index contributed by atoms with van der Waals surface area (Å²) in [6.07, 6.45) is 3.45. The fourth-order valence-electron chi connectivity index (χ4n) is 1.82. The zero-order valence-electron chi connectivity index (χ0n) is 10.6. The van der Waals surface area contributed by atoms with Crippen LogP contribution in [0.4, 0.5) is 10.5 Å². The van der Waals surface area contributed by atoms with Crippen molar-refractivity contribution < 1.29 is 14.7 Å². The molecule has 2 amide bonds. The zero-order valence-corrected chi connectivity index (χ0v) is 13.8. The molecule has 20 heavy (non-hydrogen) atoms. The molecule has 0 aliphatic heterocycles. The van der Waals surface area contributed by atoms with Crippen LogP contribution in [0, 0.1) is 5.92 Å². The fraction of sp³-hybridized carbons (Fsp3) is 0.385. The third kappa shape index (κ3) is 4.21. The van der Waals surface area contributed by atoms with Gasteiger partial charge in [0.15, 0.2) is 0 Å². The lowest BCUT2D eigenvalue weighted by Crippen LogP contribution is -2.30. The number of carbonyl (C=O) groups excluding carboxylic acids is 1. The Morgan fingerprint density at radius 1 is 1.30 bits per heavy atom. The molecule has 1 aliphatic rings. The number of hydrogen-bond acceptors (Lipinski definition) is 2. The lowest BCUT2D eigenvalue weighted by Gasteiger charge is -2.12. The lowest BCUT2D eigenvalue weighted by atomic mass is 10.2. The van der Waals surface area contributed by atoms with Crippen molar-refractivity contribution >= 4 is 49.5 Å². The quantitative estimate of drug-likeness (QED) is 0.696. The van der Waals surface area contributed by atoms with Crippen LogP contribution in [-0.4, -0.2) is 23.7 Å². The molecule has 0 aromatic heterocycles. The van der Waals surface area contributed by atoms with Crippen LogP contribution in [0.25, 0.3) is 0 Å². The number of amides is 2. The summed E-state index contributed by atoms with van der Waals surface area (Å²) in [4.78, 5) is 23.0. The number of urea groups is 1.